The fraction of sp³-hybridized carbons (Fsp3) is 0.143. The zero-order valence-electron chi connectivity index (χ0n) is 7.28. The van der Waals surface area contributed by atoms with E-state index in [0.717, 1.165) is 5.56 Å². The molecule has 1 aromatic carbocycles. The molecular formula is C7H11Cl2O4P. The molecule has 2 N–H and O–H groups in total. The Kier molecular flexibility index (Phi) is 7.26. The third kappa shape index (κ3) is 6.24. The molecule has 0 spiro atoms. The van der Waals surface area contributed by atoms with Crippen LogP contribution in [0.25, 0.3) is 0 Å². The number of aryl methyl sites for hydroxylation is 1. The summed E-state index contributed by atoms with van der Waals surface area (Å²) >= 11 is 0. The molecule has 7 heteroatoms. The van der Waals surface area contributed by atoms with Crippen LogP contribution >= 0.6 is 32.6 Å². The highest BCUT2D eigenvalue weighted by atomic mass is 35.5. The Morgan fingerprint density at radius 1 is 1.14 bits per heavy atom. The Morgan fingerprint density at radius 3 is 1.93 bits per heavy atom. The first-order chi connectivity index (χ1) is 5.47. The Hall–Kier alpha value is -0.250. The van der Waals surface area contributed by atoms with Crippen LogP contribution in [0.2, 0.25) is 0 Å². The van der Waals surface area contributed by atoms with Gasteiger partial charge in [0, 0.05) is 0 Å². The molecule has 82 valence electrons. The SMILES string of the molecule is Cc1ccc(OP(=O)(O)O)cc1.Cl.Cl. The second kappa shape index (κ2) is 6.27. The standard InChI is InChI=1S/C7H9O4P.2ClH/c1-6-2-4-7(5-3-6)11-12(8,9)10;;/h2-5H,1H3,(H2,8,9,10);2*1H. The van der Waals surface area contributed by atoms with Crippen molar-refractivity contribution in [1.82, 2.24) is 0 Å². The molecule has 14 heavy (non-hydrogen) atoms. The average Bonchev–Trinajstić information content (AvgIpc) is 1.91. The molecule has 0 aliphatic rings. The molecule has 0 amide bonds. The van der Waals surface area contributed by atoms with Gasteiger partial charge >= 0.3 is 7.82 Å². The predicted molar refractivity (Wildman–Crippen MR) is 58.3 cm³/mol. The summed E-state index contributed by atoms with van der Waals surface area (Å²) < 4.78 is 14.7. The van der Waals surface area contributed by atoms with Crippen LogP contribution in [0.3, 0.4) is 0 Å². The first-order valence-corrected chi connectivity index (χ1v) is 4.82. The third-order valence-corrected chi connectivity index (χ3v) is 1.69. The van der Waals surface area contributed by atoms with E-state index in [0.29, 0.717) is 0 Å². The van der Waals surface area contributed by atoms with Crippen LogP contribution in [0, 0.1) is 6.92 Å². The molecule has 0 aliphatic heterocycles. The monoisotopic (exact) mass is 260 g/mol. The lowest BCUT2D eigenvalue weighted by atomic mass is 10.2. The number of rotatable bonds is 2. The van der Waals surface area contributed by atoms with E-state index in [4.69, 9.17) is 9.79 Å². The molecule has 0 saturated heterocycles. The molecule has 0 fully saturated rings. The van der Waals surface area contributed by atoms with E-state index < -0.39 is 7.82 Å². The van der Waals surface area contributed by atoms with Crippen molar-refractivity contribution in [1.29, 1.82) is 0 Å². The van der Waals surface area contributed by atoms with Gasteiger partial charge < -0.3 is 4.52 Å². The van der Waals surface area contributed by atoms with Gasteiger partial charge in [0.05, 0.1) is 0 Å². The van der Waals surface area contributed by atoms with Crippen molar-refractivity contribution in [3.05, 3.63) is 29.8 Å². The molecule has 0 heterocycles. The third-order valence-electron chi connectivity index (χ3n) is 1.25. The lowest BCUT2D eigenvalue weighted by molar-refractivity contribution is 0.283. The lowest BCUT2D eigenvalue weighted by Gasteiger charge is -2.05. The van der Waals surface area contributed by atoms with Crippen molar-refractivity contribution >= 4 is 32.6 Å². The maximum Gasteiger partial charge on any atom is 0.524 e. The molecule has 0 bridgehead atoms. The van der Waals surface area contributed by atoms with Crippen LogP contribution in [0.1, 0.15) is 5.56 Å². The summed E-state index contributed by atoms with van der Waals surface area (Å²) in [7, 11) is -4.40. The quantitative estimate of drug-likeness (QED) is 0.801. The molecule has 1 aromatic rings. The largest absolute Gasteiger partial charge is 0.524 e. The Labute approximate surface area is 94.4 Å². The molecule has 0 atom stereocenters. The Morgan fingerprint density at radius 2 is 1.57 bits per heavy atom. The molecule has 0 aromatic heterocycles. The summed E-state index contributed by atoms with van der Waals surface area (Å²) in [5, 5.41) is 0. The van der Waals surface area contributed by atoms with Gasteiger partial charge in [-0.2, -0.15) is 0 Å². The number of phosphoric ester groups is 1. The number of phosphoric acid groups is 1. The number of halogens is 2. The van der Waals surface area contributed by atoms with E-state index in [1.807, 2.05) is 6.92 Å². The molecule has 4 nitrogen and oxygen atoms in total. The van der Waals surface area contributed by atoms with E-state index in [2.05, 4.69) is 4.52 Å². The second-order valence-corrected chi connectivity index (χ2v) is 3.56. The first kappa shape index (κ1) is 16.2. The highest BCUT2D eigenvalue weighted by molar-refractivity contribution is 7.46. The normalized spacial score (nSPS) is 9.64. The van der Waals surface area contributed by atoms with Crippen LogP contribution in [-0.4, -0.2) is 9.79 Å². The summed E-state index contributed by atoms with van der Waals surface area (Å²) in [4.78, 5) is 16.9. The van der Waals surface area contributed by atoms with Gasteiger partial charge in [0.2, 0.25) is 0 Å². The van der Waals surface area contributed by atoms with Crippen molar-refractivity contribution in [2.24, 2.45) is 0 Å². The zero-order valence-corrected chi connectivity index (χ0v) is 9.81. The van der Waals surface area contributed by atoms with Crippen LogP contribution in [0.4, 0.5) is 0 Å². The van der Waals surface area contributed by atoms with Crippen LogP contribution < -0.4 is 4.52 Å². The van der Waals surface area contributed by atoms with Crippen LogP contribution in [0.5, 0.6) is 5.75 Å². The van der Waals surface area contributed by atoms with Gasteiger partial charge in [-0.15, -0.1) is 24.8 Å². The maximum atomic E-state index is 10.4. The minimum Gasteiger partial charge on any atom is -0.404 e. The molecule has 0 unspecified atom stereocenters. The minimum absolute atomic E-state index is 0. The number of benzene rings is 1. The molecule has 1 rings (SSSR count). The van der Waals surface area contributed by atoms with Crippen molar-refractivity contribution in [2.45, 2.75) is 6.92 Å². The topological polar surface area (TPSA) is 66.8 Å². The molecule has 0 radical (unpaired) electrons. The van der Waals surface area contributed by atoms with E-state index in [9.17, 15) is 4.57 Å². The first-order valence-electron chi connectivity index (χ1n) is 3.29. The van der Waals surface area contributed by atoms with Crippen molar-refractivity contribution in [2.75, 3.05) is 0 Å². The fourth-order valence-electron chi connectivity index (χ4n) is 0.736. The van der Waals surface area contributed by atoms with Crippen LogP contribution in [-0.2, 0) is 4.57 Å². The average molecular weight is 261 g/mol. The van der Waals surface area contributed by atoms with E-state index >= 15 is 0 Å². The minimum atomic E-state index is -4.40. The Bertz CT molecular complexity index is 308. The van der Waals surface area contributed by atoms with E-state index in [-0.39, 0.29) is 30.6 Å². The van der Waals surface area contributed by atoms with Crippen molar-refractivity contribution in [3.8, 4) is 5.75 Å². The molecular weight excluding hydrogens is 250 g/mol. The van der Waals surface area contributed by atoms with Gasteiger partial charge in [0.1, 0.15) is 5.75 Å². The van der Waals surface area contributed by atoms with Crippen molar-refractivity contribution < 1.29 is 18.9 Å². The van der Waals surface area contributed by atoms with Crippen molar-refractivity contribution in [3.63, 3.8) is 0 Å². The summed E-state index contributed by atoms with van der Waals surface area (Å²) in [6, 6.07) is 6.44. The zero-order chi connectivity index (χ0) is 9.19. The van der Waals surface area contributed by atoms with Gasteiger partial charge in [-0.3, -0.25) is 9.79 Å². The summed E-state index contributed by atoms with van der Waals surface area (Å²) in [6.07, 6.45) is 0. The fourth-order valence-corrected chi connectivity index (χ4v) is 1.13. The number of hydrogen-bond acceptors (Lipinski definition) is 2. The smallest absolute Gasteiger partial charge is 0.404 e. The summed E-state index contributed by atoms with van der Waals surface area (Å²) in [5.74, 6) is 0.175. The van der Waals surface area contributed by atoms with E-state index in [1.165, 1.54) is 12.1 Å². The van der Waals surface area contributed by atoms with Gasteiger partial charge in [0.25, 0.3) is 0 Å². The highest BCUT2D eigenvalue weighted by Gasteiger charge is 2.14. The maximum absolute atomic E-state index is 10.4. The van der Waals surface area contributed by atoms with Gasteiger partial charge in [-0.1, -0.05) is 17.7 Å². The lowest BCUT2D eigenvalue weighted by Crippen LogP contribution is -1.89. The predicted octanol–water partition coefficient (Wildman–Crippen LogP) is 2.31. The highest BCUT2D eigenvalue weighted by Crippen LogP contribution is 2.37. The second-order valence-electron chi connectivity index (χ2n) is 2.39. The van der Waals surface area contributed by atoms with Gasteiger partial charge in [0.15, 0.2) is 0 Å². The Balaban J connectivity index is 0. The van der Waals surface area contributed by atoms with Gasteiger partial charge in [-0.25, -0.2) is 4.57 Å². The molecule has 0 aliphatic carbocycles. The van der Waals surface area contributed by atoms with Gasteiger partial charge in [-0.05, 0) is 19.1 Å². The summed E-state index contributed by atoms with van der Waals surface area (Å²) in [5.41, 5.74) is 1.01. The summed E-state index contributed by atoms with van der Waals surface area (Å²) in [6.45, 7) is 1.88. The molecule has 0 saturated carbocycles. The van der Waals surface area contributed by atoms with E-state index in [1.54, 1.807) is 12.1 Å². The van der Waals surface area contributed by atoms with Crippen LogP contribution in [0.15, 0.2) is 24.3 Å². The number of hydrogen-bond donors (Lipinski definition) is 2.